The first kappa shape index (κ1) is 11.1. The number of fused-ring (bicyclic) bond motifs is 1. The second kappa shape index (κ2) is 4.63. The number of hydrogen-bond acceptors (Lipinski definition) is 4. The Bertz CT molecular complexity index is 621. The van der Waals surface area contributed by atoms with Gasteiger partial charge in [0.15, 0.2) is 0 Å². The van der Waals surface area contributed by atoms with E-state index in [1.165, 1.54) is 12.3 Å². The van der Waals surface area contributed by atoms with Gasteiger partial charge in [0.2, 0.25) is 0 Å². The highest BCUT2D eigenvalue weighted by molar-refractivity contribution is 5.88. The number of nitro groups is 1. The predicted molar refractivity (Wildman–Crippen MR) is 63.3 cm³/mol. The van der Waals surface area contributed by atoms with Crippen LogP contribution in [0, 0.1) is 22.0 Å². The number of nitrogens with one attached hydrogen (secondary N) is 1. The van der Waals surface area contributed by atoms with Gasteiger partial charge in [0.1, 0.15) is 0 Å². The average molecular weight is 230 g/mol. The lowest BCUT2D eigenvalue weighted by atomic mass is 10.1. The molecule has 3 N–H and O–H groups in total. The zero-order chi connectivity index (χ0) is 12.3. The highest BCUT2D eigenvalue weighted by atomic mass is 16.6. The number of aromatic nitrogens is 2. The van der Waals surface area contributed by atoms with E-state index in [4.69, 9.17) is 5.73 Å². The fraction of sp³-hybridized carbons (Fsp3) is 0.182. The number of nitrogens with zero attached hydrogens (tertiary/aromatic N) is 2. The maximum Gasteiger partial charge on any atom is 0.281 e. The Balaban J connectivity index is 2.52. The van der Waals surface area contributed by atoms with Crippen LogP contribution in [0.5, 0.6) is 0 Å². The van der Waals surface area contributed by atoms with Gasteiger partial charge in [0.25, 0.3) is 5.69 Å². The summed E-state index contributed by atoms with van der Waals surface area (Å²) < 4.78 is 0. The minimum absolute atomic E-state index is 0.00768. The molecule has 0 aliphatic carbocycles. The molecule has 1 aromatic heterocycles. The van der Waals surface area contributed by atoms with Gasteiger partial charge in [-0.3, -0.25) is 15.2 Å². The van der Waals surface area contributed by atoms with Gasteiger partial charge in [-0.2, -0.15) is 5.10 Å². The lowest BCUT2D eigenvalue weighted by molar-refractivity contribution is -0.383. The minimum Gasteiger partial charge on any atom is -0.330 e. The summed E-state index contributed by atoms with van der Waals surface area (Å²) in [6.45, 7) is 0.474. The van der Waals surface area contributed by atoms with Crippen LogP contribution in [0.4, 0.5) is 5.69 Å². The normalized spacial score (nSPS) is 9.94. The molecule has 0 radical (unpaired) electrons. The summed E-state index contributed by atoms with van der Waals surface area (Å²) in [7, 11) is 0. The van der Waals surface area contributed by atoms with Crippen molar-refractivity contribution < 1.29 is 4.92 Å². The molecule has 0 spiro atoms. The Morgan fingerprint density at radius 3 is 3.06 bits per heavy atom. The molecule has 6 heteroatoms. The fourth-order valence-corrected chi connectivity index (χ4v) is 1.49. The third-order valence-corrected chi connectivity index (χ3v) is 2.24. The summed E-state index contributed by atoms with van der Waals surface area (Å²) in [5, 5.41) is 17.9. The maximum atomic E-state index is 10.9. The van der Waals surface area contributed by atoms with Gasteiger partial charge in [0.05, 0.1) is 22.0 Å². The number of nitro benzene ring substituents is 1. The summed E-state index contributed by atoms with van der Waals surface area (Å²) in [4.78, 5) is 10.5. The Kier molecular flexibility index (Phi) is 3.03. The van der Waals surface area contributed by atoms with Crippen LogP contribution in [0.1, 0.15) is 12.0 Å². The van der Waals surface area contributed by atoms with Crippen molar-refractivity contribution in [2.75, 3.05) is 6.54 Å². The van der Waals surface area contributed by atoms with Crippen LogP contribution < -0.4 is 5.73 Å². The topological polar surface area (TPSA) is 97.8 Å². The first-order valence-electron chi connectivity index (χ1n) is 5.03. The summed E-state index contributed by atoms with van der Waals surface area (Å²) in [6.07, 6.45) is 2.00. The molecule has 0 atom stereocenters. The standard InChI is InChI=1S/C11H10N4O2/c12-4-2-1-3-8-5-10-9(7-13-14-10)11(6-8)15(16)17/h5-7H,2,4,12H2,(H,13,14). The molecule has 0 saturated carbocycles. The number of aromatic amines is 1. The van der Waals surface area contributed by atoms with E-state index in [9.17, 15) is 10.1 Å². The molecule has 0 unspecified atom stereocenters. The molecule has 0 amide bonds. The zero-order valence-corrected chi connectivity index (χ0v) is 8.93. The molecule has 2 rings (SSSR count). The van der Waals surface area contributed by atoms with Crippen molar-refractivity contribution in [1.82, 2.24) is 10.2 Å². The van der Waals surface area contributed by atoms with Crippen LogP contribution in [-0.2, 0) is 0 Å². The van der Waals surface area contributed by atoms with Gasteiger partial charge >= 0.3 is 0 Å². The molecule has 6 nitrogen and oxygen atoms in total. The van der Waals surface area contributed by atoms with Crippen molar-refractivity contribution in [2.24, 2.45) is 5.73 Å². The average Bonchev–Trinajstić information content (AvgIpc) is 2.76. The molecule has 1 aromatic carbocycles. The van der Waals surface area contributed by atoms with E-state index in [0.717, 1.165) is 0 Å². The Hall–Kier alpha value is -2.39. The van der Waals surface area contributed by atoms with Gasteiger partial charge in [0, 0.05) is 24.6 Å². The van der Waals surface area contributed by atoms with E-state index in [1.807, 2.05) is 0 Å². The summed E-state index contributed by atoms with van der Waals surface area (Å²) in [6, 6.07) is 3.18. The second-order valence-electron chi connectivity index (χ2n) is 3.42. The number of non-ortho nitro benzene ring substituents is 1. The van der Waals surface area contributed by atoms with Crippen molar-refractivity contribution in [3.8, 4) is 11.8 Å². The lowest BCUT2D eigenvalue weighted by Gasteiger charge is -1.95. The van der Waals surface area contributed by atoms with Crippen LogP contribution in [0.15, 0.2) is 18.3 Å². The highest BCUT2D eigenvalue weighted by Crippen LogP contribution is 2.25. The van der Waals surface area contributed by atoms with E-state index >= 15 is 0 Å². The van der Waals surface area contributed by atoms with Crippen molar-refractivity contribution in [3.63, 3.8) is 0 Å². The van der Waals surface area contributed by atoms with Crippen molar-refractivity contribution in [2.45, 2.75) is 6.42 Å². The molecular weight excluding hydrogens is 220 g/mol. The van der Waals surface area contributed by atoms with Gasteiger partial charge in [-0.15, -0.1) is 0 Å². The van der Waals surface area contributed by atoms with E-state index < -0.39 is 4.92 Å². The number of rotatable bonds is 2. The predicted octanol–water partition coefficient (Wildman–Crippen LogP) is 1.17. The van der Waals surface area contributed by atoms with Crippen molar-refractivity contribution in [3.05, 3.63) is 34.0 Å². The largest absolute Gasteiger partial charge is 0.330 e. The zero-order valence-electron chi connectivity index (χ0n) is 8.93. The number of H-pyrrole nitrogens is 1. The molecular formula is C11H10N4O2. The molecule has 0 saturated heterocycles. The monoisotopic (exact) mass is 230 g/mol. The number of nitrogens with two attached hydrogens (primary N) is 1. The summed E-state index contributed by atoms with van der Waals surface area (Å²) >= 11 is 0. The molecule has 0 fully saturated rings. The number of benzene rings is 1. The van der Waals surface area contributed by atoms with E-state index in [2.05, 4.69) is 22.0 Å². The molecule has 2 aromatic rings. The van der Waals surface area contributed by atoms with Crippen LogP contribution >= 0.6 is 0 Å². The Labute approximate surface area is 97.0 Å². The first-order chi connectivity index (χ1) is 8.22. The van der Waals surface area contributed by atoms with E-state index in [0.29, 0.717) is 29.4 Å². The molecule has 0 aliphatic rings. The van der Waals surface area contributed by atoms with Gasteiger partial charge in [-0.25, -0.2) is 0 Å². The SMILES string of the molecule is NCCC#Cc1cc([N+](=O)[O-])c2cn[nH]c2c1. The van der Waals surface area contributed by atoms with Crippen molar-refractivity contribution >= 4 is 16.6 Å². The summed E-state index contributed by atoms with van der Waals surface area (Å²) in [5.41, 5.74) is 6.52. The van der Waals surface area contributed by atoms with Crippen LogP contribution in [0.25, 0.3) is 10.9 Å². The number of hydrogen-bond donors (Lipinski definition) is 2. The minimum atomic E-state index is -0.439. The Morgan fingerprint density at radius 2 is 2.35 bits per heavy atom. The Morgan fingerprint density at radius 1 is 1.53 bits per heavy atom. The molecule has 1 heterocycles. The van der Waals surface area contributed by atoms with E-state index in [1.54, 1.807) is 6.07 Å². The maximum absolute atomic E-state index is 10.9. The van der Waals surface area contributed by atoms with Gasteiger partial charge in [-0.05, 0) is 6.07 Å². The van der Waals surface area contributed by atoms with Gasteiger partial charge in [-0.1, -0.05) is 11.8 Å². The van der Waals surface area contributed by atoms with Crippen molar-refractivity contribution in [1.29, 1.82) is 0 Å². The van der Waals surface area contributed by atoms with Crippen LogP contribution in [0.3, 0.4) is 0 Å². The van der Waals surface area contributed by atoms with Crippen LogP contribution in [0.2, 0.25) is 0 Å². The fourth-order valence-electron chi connectivity index (χ4n) is 1.49. The molecule has 0 bridgehead atoms. The third-order valence-electron chi connectivity index (χ3n) is 2.24. The lowest BCUT2D eigenvalue weighted by Crippen LogP contribution is -1.95. The smallest absolute Gasteiger partial charge is 0.281 e. The molecule has 86 valence electrons. The molecule has 17 heavy (non-hydrogen) atoms. The quantitative estimate of drug-likeness (QED) is 0.459. The molecule has 0 aliphatic heterocycles. The second-order valence-corrected chi connectivity index (χ2v) is 3.42. The van der Waals surface area contributed by atoms with Crippen LogP contribution in [-0.4, -0.2) is 21.7 Å². The third kappa shape index (κ3) is 2.24. The first-order valence-corrected chi connectivity index (χ1v) is 5.03. The summed E-state index contributed by atoms with van der Waals surface area (Å²) in [5.74, 6) is 5.68. The van der Waals surface area contributed by atoms with Gasteiger partial charge < -0.3 is 5.73 Å². The van der Waals surface area contributed by atoms with E-state index in [-0.39, 0.29) is 5.69 Å². The highest BCUT2D eigenvalue weighted by Gasteiger charge is 2.14.